The summed E-state index contributed by atoms with van der Waals surface area (Å²) in [5.41, 5.74) is 2.25. The first kappa shape index (κ1) is 15.8. The third-order valence-corrected chi connectivity index (χ3v) is 7.12. The minimum absolute atomic E-state index is 0.252. The molecule has 1 N–H and O–H groups in total. The summed E-state index contributed by atoms with van der Waals surface area (Å²) in [6, 6.07) is 9.71. The van der Waals surface area contributed by atoms with E-state index >= 15 is 0 Å². The van der Waals surface area contributed by atoms with Gasteiger partial charge in [0.05, 0.1) is 5.41 Å². The SMILES string of the molecule is O=C1N(C2CC(N3CCCCC3)C2)c2ccccc2C12CCNCC2. The van der Waals surface area contributed by atoms with E-state index in [1.54, 1.807) is 0 Å². The molecule has 0 aromatic heterocycles. The minimum Gasteiger partial charge on any atom is -0.317 e. The molecule has 0 unspecified atom stereocenters. The highest BCUT2D eigenvalue weighted by Gasteiger charge is 2.54. The molecule has 3 aliphatic heterocycles. The smallest absolute Gasteiger partial charge is 0.238 e. The van der Waals surface area contributed by atoms with Gasteiger partial charge >= 0.3 is 0 Å². The molecule has 0 bridgehead atoms. The summed E-state index contributed by atoms with van der Waals surface area (Å²) in [6.07, 6.45) is 8.30. The van der Waals surface area contributed by atoms with E-state index < -0.39 is 0 Å². The first-order valence-corrected chi connectivity index (χ1v) is 10.2. The second-order valence-electron chi connectivity index (χ2n) is 8.40. The van der Waals surface area contributed by atoms with E-state index in [4.69, 9.17) is 0 Å². The number of carbonyl (C=O) groups is 1. The molecule has 5 rings (SSSR count). The Kier molecular flexibility index (Phi) is 3.86. The number of carbonyl (C=O) groups excluding carboxylic acids is 1. The number of benzene rings is 1. The van der Waals surface area contributed by atoms with Crippen LogP contribution < -0.4 is 10.2 Å². The zero-order valence-corrected chi connectivity index (χ0v) is 15.0. The summed E-state index contributed by atoms with van der Waals surface area (Å²) in [4.78, 5) is 18.4. The van der Waals surface area contributed by atoms with Crippen molar-refractivity contribution in [2.45, 2.75) is 62.4 Å². The monoisotopic (exact) mass is 339 g/mol. The number of anilines is 1. The van der Waals surface area contributed by atoms with Crippen LogP contribution in [0.15, 0.2) is 24.3 Å². The zero-order valence-electron chi connectivity index (χ0n) is 15.0. The molecule has 0 radical (unpaired) electrons. The van der Waals surface area contributed by atoms with Gasteiger partial charge in [0.2, 0.25) is 5.91 Å². The van der Waals surface area contributed by atoms with Crippen LogP contribution in [0.25, 0.3) is 0 Å². The third kappa shape index (κ3) is 2.37. The van der Waals surface area contributed by atoms with Gasteiger partial charge in [-0.25, -0.2) is 0 Å². The van der Waals surface area contributed by atoms with Crippen molar-refractivity contribution in [1.29, 1.82) is 0 Å². The van der Waals surface area contributed by atoms with Gasteiger partial charge in [-0.3, -0.25) is 4.79 Å². The van der Waals surface area contributed by atoms with Gasteiger partial charge in [-0.05, 0) is 76.3 Å². The highest BCUT2D eigenvalue weighted by molar-refractivity contribution is 6.08. The van der Waals surface area contributed by atoms with Crippen molar-refractivity contribution in [2.24, 2.45) is 0 Å². The number of fused-ring (bicyclic) bond motifs is 2. The molecule has 1 spiro atoms. The van der Waals surface area contributed by atoms with E-state index in [9.17, 15) is 4.79 Å². The van der Waals surface area contributed by atoms with Crippen LogP contribution in [-0.4, -0.2) is 49.1 Å². The van der Waals surface area contributed by atoms with E-state index in [2.05, 4.69) is 39.4 Å². The predicted octanol–water partition coefficient (Wildman–Crippen LogP) is 2.67. The Balaban J connectivity index is 1.38. The number of para-hydroxylation sites is 1. The Morgan fingerprint density at radius 1 is 0.960 bits per heavy atom. The molecule has 25 heavy (non-hydrogen) atoms. The van der Waals surface area contributed by atoms with Crippen molar-refractivity contribution >= 4 is 11.6 Å². The molecule has 1 amide bonds. The number of nitrogens with one attached hydrogen (secondary N) is 1. The number of likely N-dealkylation sites (tertiary alicyclic amines) is 1. The molecule has 3 fully saturated rings. The predicted molar refractivity (Wildman–Crippen MR) is 99.9 cm³/mol. The zero-order chi connectivity index (χ0) is 16.9. The summed E-state index contributed by atoms with van der Waals surface area (Å²) in [5.74, 6) is 0.386. The van der Waals surface area contributed by atoms with Crippen LogP contribution >= 0.6 is 0 Å². The summed E-state index contributed by atoms with van der Waals surface area (Å²) >= 11 is 0. The normalized spacial score (nSPS) is 31.8. The fourth-order valence-electron chi connectivity index (χ4n) is 5.59. The number of piperidine rings is 2. The van der Waals surface area contributed by atoms with Gasteiger partial charge in [0.1, 0.15) is 0 Å². The van der Waals surface area contributed by atoms with Crippen LogP contribution in [0.4, 0.5) is 5.69 Å². The standard InChI is InChI=1S/C21H29N3O/c25-20-21(8-10-22-11-9-21)18-6-2-3-7-19(18)24(20)17-14-16(15-17)23-12-4-1-5-13-23/h2-3,6-7,16-17,22H,1,4-5,8-15H2. The van der Waals surface area contributed by atoms with Crippen molar-refractivity contribution in [2.75, 3.05) is 31.1 Å². The van der Waals surface area contributed by atoms with E-state index in [1.807, 2.05) is 0 Å². The van der Waals surface area contributed by atoms with Crippen molar-refractivity contribution in [3.63, 3.8) is 0 Å². The first-order chi connectivity index (χ1) is 12.3. The molecule has 4 aliphatic rings. The van der Waals surface area contributed by atoms with Crippen LogP contribution in [0, 0.1) is 0 Å². The molecular formula is C21H29N3O. The summed E-state index contributed by atoms with van der Waals surface area (Å²) < 4.78 is 0. The molecule has 1 saturated carbocycles. The summed E-state index contributed by atoms with van der Waals surface area (Å²) in [6.45, 7) is 4.43. The van der Waals surface area contributed by atoms with Crippen molar-refractivity contribution < 1.29 is 4.79 Å². The average molecular weight is 339 g/mol. The van der Waals surface area contributed by atoms with Gasteiger partial charge < -0.3 is 15.1 Å². The van der Waals surface area contributed by atoms with Crippen LogP contribution in [0.5, 0.6) is 0 Å². The van der Waals surface area contributed by atoms with E-state index in [1.165, 1.54) is 43.6 Å². The molecular weight excluding hydrogens is 310 g/mol. The fraction of sp³-hybridized carbons (Fsp3) is 0.667. The topological polar surface area (TPSA) is 35.6 Å². The van der Waals surface area contributed by atoms with Gasteiger partial charge in [-0.15, -0.1) is 0 Å². The van der Waals surface area contributed by atoms with Crippen molar-refractivity contribution in [3.05, 3.63) is 29.8 Å². The van der Waals surface area contributed by atoms with Gasteiger partial charge in [0.25, 0.3) is 0 Å². The van der Waals surface area contributed by atoms with Gasteiger partial charge in [0.15, 0.2) is 0 Å². The summed E-state index contributed by atoms with van der Waals surface area (Å²) in [7, 11) is 0. The van der Waals surface area contributed by atoms with E-state index in [-0.39, 0.29) is 5.41 Å². The maximum absolute atomic E-state index is 13.5. The molecule has 134 valence electrons. The Labute approximate surface area is 150 Å². The Hall–Kier alpha value is -1.39. The molecule has 4 nitrogen and oxygen atoms in total. The number of hydrogen-bond acceptors (Lipinski definition) is 3. The highest BCUT2D eigenvalue weighted by Crippen LogP contribution is 2.50. The Morgan fingerprint density at radius 2 is 1.68 bits per heavy atom. The quantitative estimate of drug-likeness (QED) is 0.900. The number of amides is 1. The molecule has 3 heterocycles. The summed E-state index contributed by atoms with van der Waals surface area (Å²) in [5, 5.41) is 3.43. The highest BCUT2D eigenvalue weighted by atomic mass is 16.2. The first-order valence-electron chi connectivity index (χ1n) is 10.2. The molecule has 4 heteroatoms. The lowest BCUT2D eigenvalue weighted by atomic mass is 9.74. The van der Waals surface area contributed by atoms with Crippen LogP contribution in [-0.2, 0) is 10.2 Å². The number of rotatable bonds is 2. The third-order valence-electron chi connectivity index (χ3n) is 7.12. The van der Waals surface area contributed by atoms with Crippen molar-refractivity contribution in [1.82, 2.24) is 10.2 Å². The number of hydrogen-bond donors (Lipinski definition) is 1. The van der Waals surface area contributed by atoms with Crippen molar-refractivity contribution in [3.8, 4) is 0 Å². The lowest BCUT2D eigenvalue weighted by Gasteiger charge is -2.48. The molecule has 1 aromatic rings. The Morgan fingerprint density at radius 3 is 2.44 bits per heavy atom. The second-order valence-corrected chi connectivity index (χ2v) is 8.40. The minimum atomic E-state index is -0.252. The van der Waals surface area contributed by atoms with E-state index in [0.29, 0.717) is 18.0 Å². The molecule has 0 atom stereocenters. The van der Waals surface area contributed by atoms with Crippen LogP contribution in [0.3, 0.4) is 0 Å². The maximum atomic E-state index is 13.5. The average Bonchev–Trinajstić information content (AvgIpc) is 2.86. The van der Waals surface area contributed by atoms with Crippen LogP contribution in [0.2, 0.25) is 0 Å². The van der Waals surface area contributed by atoms with E-state index in [0.717, 1.165) is 38.8 Å². The molecule has 2 saturated heterocycles. The fourth-order valence-corrected chi connectivity index (χ4v) is 5.59. The Bertz CT molecular complexity index is 655. The second kappa shape index (κ2) is 6.10. The lowest BCUT2D eigenvalue weighted by molar-refractivity contribution is -0.125. The van der Waals surface area contributed by atoms with Gasteiger partial charge in [-0.2, -0.15) is 0 Å². The number of nitrogens with zero attached hydrogens (tertiary/aromatic N) is 2. The molecule has 1 aromatic carbocycles. The maximum Gasteiger partial charge on any atom is 0.238 e. The molecule has 1 aliphatic carbocycles. The van der Waals surface area contributed by atoms with Gasteiger partial charge in [-0.1, -0.05) is 24.6 Å². The van der Waals surface area contributed by atoms with Gasteiger partial charge in [0, 0.05) is 17.8 Å². The lowest BCUT2D eigenvalue weighted by Crippen LogP contribution is -2.58. The van der Waals surface area contributed by atoms with Crippen LogP contribution in [0.1, 0.15) is 50.5 Å². The largest absolute Gasteiger partial charge is 0.317 e.